The summed E-state index contributed by atoms with van der Waals surface area (Å²) in [5.41, 5.74) is 6.55. The Morgan fingerprint density at radius 3 is 2.56 bits per heavy atom. The third-order valence-electron chi connectivity index (χ3n) is 6.13. The summed E-state index contributed by atoms with van der Waals surface area (Å²) in [4.78, 5) is 30.7. The van der Waals surface area contributed by atoms with Crippen LogP contribution >= 0.6 is 11.8 Å². The molecule has 0 aliphatic carbocycles. The minimum atomic E-state index is -0.0186. The molecule has 8 heteroatoms. The molecule has 7 nitrogen and oxygen atoms in total. The summed E-state index contributed by atoms with van der Waals surface area (Å²) >= 11 is 1.35. The summed E-state index contributed by atoms with van der Waals surface area (Å²) < 4.78 is 1.98. The zero-order valence-corrected chi connectivity index (χ0v) is 20.0. The lowest BCUT2D eigenvalue weighted by Crippen LogP contribution is -2.20. The molecule has 0 unspecified atom stereocenters. The first-order chi connectivity index (χ1) is 16.4. The molecule has 0 spiro atoms. The number of benzene rings is 2. The molecule has 2 aromatic carbocycles. The van der Waals surface area contributed by atoms with Crippen molar-refractivity contribution in [3.8, 4) is 17.1 Å². The Bertz CT molecular complexity index is 1410. The maximum absolute atomic E-state index is 13.0. The molecule has 1 amide bonds. The minimum absolute atomic E-state index is 0.0186. The van der Waals surface area contributed by atoms with E-state index in [0.717, 1.165) is 28.1 Å². The van der Waals surface area contributed by atoms with Crippen molar-refractivity contribution in [1.29, 1.82) is 0 Å². The normalized spacial score (nSPS) is 12.8. The number of aromatic nitrogens is 4. The molecule has 5 rings (SSSR count). The Balaban J connectivity index is 1.45. The van der Waals surface area contributed by atoms with Gasteiger partial charge in [-0.05, 0) is 73.0 Å². The Hall–Kier alpha value is -3.78. The smallest absolute Gasteiger partial charge is 0.231 e. The molecule has 170 valence electrons. The summed E-state index contributed by atoms with van der Waals surface area (Å²) in [7, 11) is 1.76. The lowest BCUT2D eigenvalue weighted by Gasteiger charge is -2.12. The van der Waals surface area contributed by atoms with E-state index in [9.17, 15) is 9.59 Å². The number of hydrogen-bond donors (Lipinski definition) is 0. The molecule has 0 saturated carbocycles. The van der Waals surface area contributed by atoms with Crippen molar-refractivity contribution in [2.24, 2.45) is 0 Å². The Kier molecular flexibility index (Phi) is 5.75. The number of amides is 1. The van der Waals surface area contributed by atoms with Gasteiger partial charge in [-0.2, -0.15) is 0 Å². The van der Waals surface area contributed by atoms with E-state index >= 15 is 0 Å². The largest absolute Gasteiger partial charge is 0.315 e. The number of pyridine rings is 1. The standard InChI is InChI=1S/C26H23N5O2S/c1-16-4-6-21(12-17(16)2)31-25(18-8-10-27-11-9-18)28-29-26(31)34-15-23(32)19-5-7-22-20(13-19)14-24(33)30(22)3/h4-13H,14-15H2,1-3H3. The number of ketones is 1. The van der Waals surface area contributed by atoms with Gasteiger partial charge in [-0.3, -0.25) is 19.1 Å². The highest BCUT2D eigenvalue weighted by atomic mass is 32.2. The first kappa shape index (κ1) is 22.0. The number of rotatable bonds is 6. The summed E-state index contributed by atoms with van der Waals surface area (Å²) in [6, 6.07) is 15.5. The van der Waals surface area contributed by atoms with Crippen molar-refractivity contribution >= 4 is 29.1 Å². The van der Waals surface area contributed by atoms with E-state index in [4.69, 9.17) is 0 Å². The van der Waals surface area contributed by atoms with Crippen molar-refractivity contribution in [3.63, 3.8) is 0 Å². The number of fused-ring (bicyclic) bond motifs is 1. The van der Waals surface area contributed by atoms with Gasteiger partial charge < -0.3 is 4.90 Å². The molecular formula is C26H23N5O2S. The fraction of sp³-hybridized carbons (Fsp3) is 0.192. The maximum Gasteiger partial charge on any atom is 0.231 e. The van der Waals surface area contributed by atoms with Crippen LogP contribution in [0.25, 0.3) is 17.1 Å². The molecule has 0 atom stereocenters. The number of hydrogen-bond acceptors (Lipinski definition) is 6. The van der Waals surface area contributed by atoms with Crippen molar-refractivity contribution in [2.45, 2.75) is 25.4 Å². The summed E-state index contributed by atoms with van der Waals surface area (Å²) in [6.45, 7) is 4.15. The lowest BCUT2D eigenvalue weighted by atomic mass is 10.1. The molecule has 3 heterocycles. The number of likely N-dealkylation sites (N-methyl/N-ethyl adjacent to an activating group) is 1. The predicted molar refractivity (Wildman–Crippen MR) is 133 cm³/mol. The molecule has 0 bridgehead atoms. The number of anilines is 1. The van der Waals surface area contributed by atoms with E-state index in [1.54, 1.807) is 30.4 Å². The van der Waals surface area contributed by atoms with E-state index in [1.807, 2.05) is 34.9 Å². The van der Waals surface area contributed by atoms with Gasteiger partial charge in [-0.1, -0.05) is 17.8 Å². The number of Topliss-reactive ketones (excluding diaryl/α,β-unsaturated/α-hetero) is 1. The van der Waals surface area contributed by atoms with Crippen LogP contribution in [0.2, 0.25) is 0 Å². The second-order valence-corrected chi connectivity index (χ2v) is 9.27. The highest BCUT2D eigenvalue weighted by molar-refractivity contribution is 7.99. The van der Waals surface area contributed by atoms with Crippen LogP contribution in [0.3, 0.4) is 0 Å². The number of carbonyl (C=O) groups excluding carboxylic acids is 2. The number of carbonyl (C=O) groups is 2. The molecule has 0 N–H and O–H groups in total. The van der Waals surface area contributed by atoms with Crippen LogP contribution in [0.1, 0.15) is 27.0 Å². The maximum atomic E-state index is 13.0. The molecule has 0 saturated heterocycles. The van der Waals surface area contributed by atoms with Gasteiger partial charge in [0.05, 0.1) is 17.9 Å². The fourth-order valence-corrected chi connectivity index (χ4v) is 4.85. The summed E-state index contributed by atoms with van der Waals surface area (Å²) in [5, 5.41) is 9.49. The van der Waals surface area contributed by atoms with Crippen LogP contribution < -0.4 is 4.90 Å². The van der Waals surface area contributed by atoms with Crippen molar-refractivity contribution in [1.82, 2.24) is 19.7 Å². The molecule has 34 heavy (non-hydrogen) atoms. The zero-order valence-electron chi connectivity index (χ0n) is 19.1. The summed E-state index contributed by atoms with van der Waals surface area (Å²) in [6.07, 6.45) is 3.78. The Morgan fingerprint density at radius 2 is 1.79 bits per heavy atom. The van der Waals surface area contributed by atoms with Crippen LogP contribution in [0.15, 0.2) is 66.1 Å². The van der Waals surface area contributed by atoms with E-state index in [1.165, 1.54) is 17.3 Å². The molecule has 2 aromatic heterocycles. The van der Waals surface area contributed by atoms with Crippen LogP contribution in [0, 0.1) is 13.8 Å². The topological polar surface area (TPSA) is 81.0 Å². The average molecular weight is 470 g/mol. The van der Waals surface area contributed by atoms with Crippen molar-refractivity contribution in [3.05, 3.63) is 83.2 Å². The van der Waals surface area contributed by atoms with E-state index in [2.05, 4.69) is 41.2 Å². The summed E-state index contributed by atoms with van der Waals surface area (Å²) in [5.74, 6) is 0.927. The molecule has 4 aromatic rings. The van der Waals surface area contributed by atoms with Crippen LogP contribution in [0.5, 0.6) is 0 Å². The molecular weight excluding hydrogens is 446 g/mol. The second-order valence-electron chi connectivity index (χ2n) is 8.33. The van der Waals surface area contributed by atoms with Crippen LogP contribution in [-0.2, 0) is 11.2 Å². The second kappa shape index (κ2) is 8.87. The minimum Gasteiger partial charge on any atom is -0.315 e. The SMILES string of the molecule is Cc1ccc(-n2c(SCC(=O)c3ccc4c(c3)CC(=O)N4C)nnc2-c2ccncc2)cc1C. The lowest BCUT2D eigenvalue weighted by molar-refractivity contribution is -0.117. The van der Waals surface area contributed by atoms with Gasteiger partial charge in [0.15, 0.2) is 16.8 Å². The van der Waals surface area contributed by atoms with Gasteiger partial charge in [0, 0.05) is 36.3 Å². The number of thioether (sulfide) groups is 1. The Labute approximate surface area is 201 Å². The molecule has 0 radical (unpaired) electrons. The van der Waals surface area contributed by atoms with Gasteiger partial charge in [-0.15, -0.1) is 10.2 Å². The van der Waals surface area contributed by atoms with Gasteiger partial charge in [0.2, 0.25) is 5.91 Å². The molecule has 1 aliphatic rings. The van der Waals surface area contributed by atoms with Gasteiger partial charge in [0.25, 0.3) is 0 Å². The zero-order chi connectivity index (χ0) is 23.8. The predicted octanol–water partition coefficient (Wildman–Crippen LogP) is 4.44. The van der Waals surface area contributed by atoms with Gasteiger partial charge >= 0.3 is 0 Å². The number of nitrogens with zero attached hydrogens (tertiary/aromatic N) is 5. The first-order valence-corrected chi connectivity index (χ1v) is 11.9. The fourth-order valence-electron chi connectivity index (χ4n) is 4.01. The van der Waals surface area contributed by atoms with E-state index < -0.39 is 0 Å². The number of aryl methyl sites for hydroxylation is 2. The quantitative estimate of drug-likeness (QED) is 0.307. The third-order valence-corrected chi connectivity index (χ3v) is 7.06. The molecule has 1 aliphatic heterocycles. The molecule has 0 fully saturated rings. The van der Waals surface area contributed by atoms with Crippen LogP contribution in [-0.4, -0.2) is 44.2 Å². The first-order valence-electron chi connectivity index (χ1n) is 10.9. The third kappa shape index (κ3) is 4.01. The van der Waals surface area contributed by atoms with E-state index in [-0.39, 0.29) is 17.4 Å². The van der Waals surface area contributed by atoms with Crippen LogP contribution in [0.4, 0.5) is 5.69 Å². The van der Waals surface area contributed by atoms with E-state index in [0.29, 0.717) is 23.0 Å². The van der Waals surface area contributed by atoms with Gasteiger partial charge in [-0.25, -0.2) is 0 Å². The monoisotopic (exact) mass is 469 g/mol. The van der Waals surface area contributed by atoms with Crippen molar-refractivity contribution in [2.75, 3.05) is 17.7 Å². The highest BCUT2D eigenvalue weighted by Gasteiger charge is 2.25. The highest BCUT2D eigenvalue weighted by Crippen LogP contribution is 2.31. The van der Waals surface area contributed by atoms with Crippen molar-refractivity contribution < 1.29 is 9.59 Å². The van der Waals surface area contributed by atoms with Gasteiger partial charge in [0.1, 0.15) is 0 Å². The average Bonchev–Trinajstić information content (AvgIpc) is 3.40. The Morgan fingerprint density at radius 1 is 1.00 bits per heavy atom.